The Hall–Kier alpha value is -1.59. The lowest BCUT2D eigenvalue weighted by molar-refractivity contribution is 0.472. The maximum atomic E-state index is 11.0. The van der Waals surface area contributed by atoms with Gasteiger partial charge in [0.25, 0.3) is 0 Å². The van der Waals surface area contributed by atoms with E-state index >= 15 is 0 Å². The van der Waals surface area contributed by atoms with Crippen molar-refractivity contribution in [2.45, 2.75) is 19.5 Å². The number of hydrogen-bond donors (Lipinski definition) is 3. The summed E-state index contributed by atoms with van der Waals surface area (Å²) < 4.78 is 0. The highest BCUT2D eigenvalue weighted by Gasteiger charge is 2.06. The first-order valence-corrected chi connectivity index (χ1v) is 6.22. The highest BCUT2D eigenvalue weighted by atomic mass is 32.1. The third-order valence-electron chi connectivity index (χ3n) is 2.54. The Morgan fingerprint density at radius 2 is 2.35 bits per heavy atom. The molecule has 5 heteroatoms. The molecule has 3 N–H and O–H groups in total. The van der Waals surface area contributed by atoms with Crippen LogP contribution in [-0.2, 0) is 6.54 Å². The van der Waals surface area contributed by atoms with Crippen molar-refractivity contribution in [1.29, 1.82) is 0 Å². The molecular formula is C12H14N2O2S. The van der Waals surface area contributed by atoms with Crippen LogP contribution in [0.1, 0.15) is 24.2 Å². The molecule has 17 heavy (non-hydrogen) atoms. The first-order valence-electron chi connectivity index (χ1n) is 5.34. The van der Waals surface area contributed by atoms with Gasteiger partial charge in [-0.1, -0.05) is 23.5 Å². The summed E-state index contributed by atoms with van der Waals surface area (Å²) in [6.07, 6.45) is 0. The third-order valence-corrected chi connectivity index (χ3v) is 3.26. The van der Waals surface area contributed by atoms with Crippen LogP contribution in [0.25, 0.3) is 0 Å². The molecule has 0 aliphatic rings. The molecule has 1 heterocycles. The van der Waals surface area contributed by atoms with Crippen molar-refractivity contribution in [3.05, 3.63) is 50.6 Å². The Bertz CT molecular complexity index is 547. The summed E-state index contributed by atoms with van der Waals surface area (Å²) in [7, 11) is 0. The number of H-pyrrole nitrogens is 1. The van der Waals surface area contributed by atoms with E-state index in [4.69, 9.17) is 0 Å². The zero-order valence-corrected chi connectivity index (χ0v) is 10.3. The maximum absolute atomic E-state index is 11.0. The number of rotatable bonds is 4. The second-order valence-corrected chi connectivity index (χ2v) is 4.71. The van der Waals surface area contributed by atoms with Crippen LogP contribution in [0.15, 0.2) is 34.4 Å². The second-order valence-electron chi connectivity index (χ2n) is 3.87. The smallest absolute Gasteiger partial charge is 0.304 e. The van der Waals surface area contributed by atoms with Crippen LogP contribution in [0, 0.1) is 0 Å². The number of aromatic hydroxyl groups is 1. The molecule has 1 atom stereocenters. The lowest BCUT2D eigenvalue weighted by Gasteiger charge is -2.13. The Morgan fingerprint density at radius 1 is 1.53 bits per heavy atom. The van der Waals surface area contributed by atoms with Crippen LogP contribution >= 0.6 is 11.3 Å². The number of aromatic nitrogens is 1. The van der Waals surface area contributed by atoms with Crippen molar-refractivity contribution >= 4 is 11.3 Å². The summed E-state index contributed by atoms with van der Waals surface area (Å²) in [4.78, 5) is 13.7. The summed E-state index contributed by atoms with van der Waals surface area (Å²) in [5, 5.41) is 14.5. The number of phenolic OH excluding ortho intramolecular Hbond substituents is 1. The van der Waals surface area contributed by atoms with E-state index in [0.717, 1.165) is 22.6 Å². The molecule has 90 valence electrons. The fraction of sp³-hybridized carbons (Fsp3) is 0.250. The predicted octanol–water partition coefficient (Wildman–Crippen LogP) is 1.99. The van der Waals surface area contributed by atoms with E-state index < -0.39 is 0 Å². The summed E-state index contributed by atoms with van der Waals surface area (Å²) in [5.41, 5.74) is 1.90. The molecule has 0 bridgehead atoms. The van der Waals surface area contributed by atoms with E-state index in [1.165, 1.54) is 0 Å². The van der Waals surface area contributed by atoms with Crippen molar-refractivity contribution in [3.63, 3.8) is 0 Å². The van der Waals surface area contributed by atoms with Crippen LogP contribution in [0.4, 0.5) is 0 Å². The van der Waals surface area contributed by atoms with Crippen molar-refractivity contribution in [2.24, 2.45) is 0 Å². The lowest BCUT2D eigenvalue weighted by Crippen LogP contribution is -2.18. The molecule has 0 aliphatic heterocycles. The van der Waals surface area contributed by atoms with Crippen LogP contribution in [0.2, 0.25) is 0 Å². The Kier molecular flexibility index (Phi) is 3.61. The first kappa shape index (κ1) is 11.9. The van der Waals surface area contributed by atoms with Crippen molar-refractivity contribution in [3.8, 4) is 5.75 Å². The van der Waals surface area contributed by atoms with Gasteiger partial charge in [-0.15, -0.1) is 0 Å². The van der Waals surface area contributed by atoms with Gasteiger partial charge in [0.1, 0.15) is 5.75 Å². The minimum absolute atomic E-state index is 0.0354. The van der Waals surface area contributed by atoms with Gasteiger partial charge in [0.15, 0.2) is 0 Å². The molecule has 4 nitrogen and oxygen atoms in total. The van der Waals surface area contributed by atoms with E-state index in [1.54, 1.807) is 12.1 Å². The van der Waals surface area contributed by atoms with E-state index in [2.05, 4.69) is 10.3 Å². The van der Waals surface area contributed by atoms with Crippen LogP contribution in [0.3, 0.4) is 0 Å². The molecule has 1 aromatic carbocycles. The topological polar surface area (TPSA) is 65.1 Å². The van der Waals surface area contributed by atoms with Crippen LogP contribution in [0.5, 0.6) is 5.75 Å². The summed E-state index contributed by atoms with van der Waals surface area (Å²) >= 11 is 1.16. The Morgan fingerprint density at radius 3 is 3.00 bits per heavy atom. The molecular weight excluding hydrogens is 236 g/mol. The molecule has 0 spiro atoms. The number of thiazole rings is 1. The van der Waals surface area contributed by atoms with Crippen molar-refractivity contribution in [2.75, 3.05) is 0 Å². The van der Waals surface area contributed by atoms with Gasteiger partial charge >= 0.3 is 4.87 Å². The highest BCUT2D eigenvalue weighted by Crippen LogP contribution is 2.17. The number of hydrogen-bond acceptors (Lipinski definition) is 4. The summed E-state index contributed by atoms with van der Waals surface area (Å²) in [6, 6.07) is 7.26. The fourth-order valence-electron chi connectivity index (χ4n) is 1.58. The van der Waals surface area contributed by atoms with E-state index in [-0.39, 0.29) is 16.7 Å². The largest absolute Gasteiger partial charge is 0.508 e. The molecule has 0 saturated carbocycles. The minimum Gasteiger partial charge on any atom is -0.508 e. The predicted molar refractivity (Wildman–Crippen MR) is 68.3 cm³/mol. The van der Waals surface area contributed by atoms with Crippen molar-refractivity contribution in [1.82, 2.24) is 10.3 Å². The van der Waals surface area contributed by atoms with E-state index in [0.29, 0.717) is 6.54 Å². The quantitative estimate of drug-likeness (QED) is 0.777. The summed E-state index contributed by atoms with van der Waals surface area (Å²) in [6.45, 7) is 2.62. The lowest BCUT2D eigenvalue weighted by atomic mass is 10.1. The second kappa shape index (κ2) is 5.16. The van der Waals surface area contributed by atoms with Gasteiger partial charge in [0.2, 0.25) is 0 Å². The zero-order valence-electron chi connectivity index (χ0n) is 9.43. The Balaban J connectivity index is 1.97. The fourth-order valence-corrected chi connectivity index (χ4v) is 2.16. The number of benzene rings is 1. The van der Waals surface area contributed by atoms with Crippen LogP contribution < -0.4 is 10.2 Å². The van der Waals surface area contributed by atoms with Gasteiger partial charge in [-0.05, 0) is 24.6 Å². The number of phenols is 1. The van der Waals surface area contributed by atoms with Gasteiger partial charge in [-0.25, -0.2) is 0 Å². The first-order chi connectivity index (χ1) is 8.15. The summed E-state index contributed by atoms with van der Waals surface area (Å²) in [5.74, 6) is 0.264. The van der Waals surface area contributed by atoms with Gasteiger partial charge < -0.3 is 15.4 Å². The SMILES string of the molecule is CC(NCc1csc(=O)[nH]1)c1cccc(O)c1. The number of aromatic amines is 1. The van der Waals surface area contributed by atoms with E-state index in [1.807, 2.05) is 24.4 Å². The number of nitrogens with one attached hydrogen (secondary N) is 2. The zero-order chi connectivity index (χ0) is 12.3. The normalized spacial score (nSPS) is 12.5. The standard InChI is InChI=1S/C12H14N2O2S/c1-8(9-3-2-4-11(15)5-9)13-6-10-7-17-12(16)14-10/h2-5,7-8,13,15H,6H2,1H3,(H,14,16). The van der Waals surface area contributed by atoms with Gasteiger partial charge in [0.05, 0.1) is 0 Å². The van der Waals surface area contributed by atoms with Crippen LogP contribution in [-0.4, -0.2) is 10.1 Å². The molecule has 1 unspecified atom stereocenters. The maximum Gasteiger partial charge on any atom is 0.304 e. The minimum atomic E-state index is -0.0354. The highest BCUT2D eigenvalue weighted by molar-refractivity contribution is 7.07. The molecule has 2 rings (SSSR count). The monoisotopic (exact) mass is 250 g/mol. The molecule has 0 radical (unpaired) electrons. The molecule has 0 aliphatic carbocycles. The van der Waals surface area contributed by atoms with Crippen molar-refractivity contribution < 1.29 is 5.11 Å². The third kappa shape index (κ3) is 3.18. The molecule has 0 amide bonds. The molecule has 2 aromatic rings. The van der Waals surface area contributed by atoms with E-state index in [9.17, 15) is 9.90 Å². The molecule has 0 fully saturated rings. The van der Waals surface area contributed by atoms with Gasteiger partial charge in [-0.2, -0.15) is 0 Å². The average molecular weight is 250 g/mol. The average Bonchev–Trinajstić information content (AvgIpc) is 2.72. The van der Waals surface area contributed by atoms with Gasteiger partial charge in [0, 0.05) is 23.7 Å². The molecule has 1 aromatic heterocycles. The Labute approximate surface area is 103 Å². The molecule has 0 saturated heterocycles. The van der Waals surface area contributed by atoms with Gasteiger partial charge in [-0.3, -0.25) is 4.79 Å².